The molecule has 2 aromatic rings. The molecule has 1 amide bonds. The molecule has 1 saturated heterocycles. The Morgan fingerprint density at radius 2 is 1.96 bits per heavy atom. The SMILES string of the molecule is COCc1ccc(C(=O)N2CCc3nnc([C@H]4CCCN(C)C4)n3CC2)cc1. The van der Waals surface area contributed by atoms with E-state index in [9.17, 15) is 4.79 Å². The number of likely N-dealkylation sites (N-methyl/N-ethyl adjacent to an activating group) is 1. The smallest absolute Gasteiger partial charge is 0.253 e. The number of carbonyl (C=O) groups excluding carboxylic acids is 1. The molecule has 1 aromatic heterocycles. The van der Waals surface area contributed by atoms with Crippen LogP contribution in [-0.4, -0.2) is 70.8 Å². The van der Waals surface area contributed by atoms with Crippen molar-refractivity contribution in [1.82, 2.24) is 24.6 Å². The van der Waals surface area contributed by atoms with Crippen LogP contribution >= 0.6 is 0 Å². The number of methoxy groups -OCH3 is 1. The van der Waals surface area contributed by atoms with Gasteiger partial charge in [-0.05, 0) is 44.1 Å². The molecule has 0 unspecified atom stereocenters. The standard InChI is InChI=1S/C21H29N5O2/c1-24-10-3-4-18(14-24)20-23-22-19-9-11-25(12-13-26(19)20)21(27)17-7-5-16(6-8-17)15-28-2/h5-8,18H,3-4,9-15H2,1-2H3/t18-/m0/s1. The third kappa shape index (κ3) is 3.95. The number of hydrogen-bond acceptors (Lipinski definition) is 5. The zero-order valence-corrected chi connectivity index (χ0v) is 16.8. The van der Waals surface area contributed by atoms with E-state index < -0.39 is 0 Å². The molecule has 2 aliphatic heterocycles. The highest BCUT2D eigenvalue weighted by molar-refractivity contribution is 5.94. The van der Waals surface area contributed by atoms with Crippen molar-refractivity contribution in [2.45, 2.75) is 38.3 Å². The van der Waals surface area contributed by atoms with E-state index in [0.717, 1.165) is 48.8 Å². The minimum atomic E-state index is 0.0848. The minimum absolute atomic E-state index is 0.0848. The highest BCUT2D eigenvalue weighted by Crippen LogP contribution is 2.26. The Balaban J connectivity index is 1.45. The van der Waals surface area contributed by atoms with Gasteiger partial charge >= 0.3 is 0 Å². The summed E-state index contributed by atoms with van der Waals surface area (Å²) in [5.74, 6) is 2.63. The van der Waals surface area contributed by atoms with E-state index in [4.69, 9.17) is 4.74 Å². The van der Waals surface area contributed by atoms with Crippen molar-refractivity contribution in [3.05, 3.63) is 47.0 Å². The van der Waals surface area contributed by atoms with Crippen LogP contribution in [0.5, 0.6) is 0 Å². The van der Waals surface area contributed by atoms with Gasteiger partial charge in [-0.15, -0.1) is 10.2 Å². The predicted molar refractivity (Wildman–Crippen MR) is 106 cm³/mol. The van der Waals surface area contributed by atoms with E-state index in [1.54, 1.807) is 7.11 Å². The minimum Gasteiger partial charge on any atom is -0.380 e. The molecule has 7 heteroatoms. The number of rotatable bonds is 4. The fraction of sp³-hybridized carbons (Fsp3) is 0.571. The van der Waals surface area contributed by atoms with Crippen molar-refractivity contribution in [1.29, 1.82) is 0 Å². The van der Waals surface area contributed by atoms with Crippen molar-refractivity contribution in [3.63, 3.8) is 0 Å². The number of benzene rings is 1. The van der Waals surface area contributed by atoms with Crippen molar-refractivity contribution >= 4 is 5.91 Å². The number of piperidine rings is 1. The van der Waals surface area contributed by atoms with E-state index in [1.165, 1.54) is 12.8 Å². The van der Waals surface area contributed by atoms with Gasteiger partial charge in [-0.3, -0.25) is 4.79 Å². The molecular weight excluding hydrogens is 354 g/mol. The molecule has 150 valence electrons. The average molecular weight is 383 g/mol. The van der Waals surface area contributed by atoms with Gasteiger partial charge in [0.1, 0.15) is 11.6 Å². The van der Waals surface area contributed by atoms with E-state index >= 15 is 0 Å². The first kappa shape index (κ1) is 19.1. The lowest BCUT2D eigenvalue weighted by Crippen LogP contribution is -2.34. The topological polar surface area (TPSA) is 63.5 Å². The molecule has 0 bridgehead atoms. The molecule has 7 nitrogen and oxygen atoms in total. The normalized spacial score (nSPS) is 20.6. The number of amides is 1. The summed E-state index contributed by atoms with van der Waals surface area (Å²) in [6, 6.07) is 7.71. The lowest BCUT2D eigenvalue weighted by Gasteiger charge is -2.29. The van der Waals surface area contributed by atoms with Gasteiger partial charge in [-0.25, -0.2) is 0 Å². The molecule has 1 atom stereocenters. The van der Waals surface area contributed by atoms with E-state index in [-0.39, 0.29) is 5.91 Å². The largest absolute Gasteiger partial charge is 0.380 e. The van der Waals surface area contributed by atoms with Crippen LogP contribution in [-0.2, 0) is 24.3 Å². The first-order valence-electron chi connectivity index (χ1n) is 10.1. The quantitative estimate of drug-likeness (QED) is 0.807. The van der Waals surface area contributed by atoms with E-state index in [0.29, 0.717) is 25.6 Å². The summed E-state index contributed by atoms with van der Waals surface area (Å²) >= 11 is 0. The molecule has 4 rings (SSSR count). The molecule has 0 aliphatic carbocycles. The predicted octanol–water partition coefficient (Wildman–Crippen LogP) is 1.93. The van der Waals surface area contributed by atoms with Crippen molar-refractivity contribution in [3.8, 4) is 0 Å². The molecule has 1 fully saturated rings. The monoisotopic (exact) mass is 383 g/mol. The fourth-order valence-electron chi connectivity index (χ4n) is 4.32. The van der Waals surface area contributed by atoms with Crippen LogP contribution in [0.4, 0.5) is 0 Å². The third-order valence-electron chi connectivity index (χ3n) is 5.84. The first-order valence-corrected chi connectivity index (χ1v) is 10.1. The zero-order chi connectivity index (χ0) is 19.5. The molecule has 2 aliphatic rings. The summed E-state index contributed by atoms with van der Waals surface area (Å²) in [6.45, 7) is 4.90. The number of hydrogen-bond donors (Lipinski definition) is 0. The van der Waals surface area contributed by atoms with Crippen LogP contribution < -0.4 is 0 Å². The summed E-state index contributed by atoms with van der Waals surface area (Å²) in [4.78, 5) is 17.3. The molecule has 0 saturated carbocycles. The van der Waals surface area contributed by atoms with Gasteiger partial charge < -0.3 is 19.1 Å². The molecule has 0 N–H and O–H groups in total. The van der Waals surface area contributed by atoms with Crippen LogP contribution in [0, 0.1) is 0 Å². The summed E-state index contributed by atoms with van der Waals surface area (Å²) < 4.78 is 7.40. The maximum atomic E-state index is 13.0. The second-order valence-electron chi connectivity index (χ2n) is 7.90. The Morgan fingerprint density at radius 1 is 1.14 bits per heavy atom. The van der Waals surface area contributed by atoms with Crippen LogP contribution in [0.15, 0.2) is 24.3 Å². The van der Waals surface area contributed by atoms with Crippen molar-refractivity contribution in [2.75, 3.05) is 40.3 Å². The van der Waals surface area contributed by atoms with Crippen LogP contribution in [0.3, 0.4) is 0 Å². The maximum absolute atomic E-state index is 13.0. The average Bonchev–Trinajstić information content (AvgIpc) is 3.00. The van der Waals surface area contributed by atoms with Gasteiger partial charge in [-0.1, -0.05) is 12.1 Å². The Bertz CT molecular complexity index is 817. The Labute approximate surface area is 166 Å². The zero-order valence-electron chi connectivity index (χ0n) is 16.8. The van der Waals surface area contributed by atoms with Gasteiger partial charge in [0.05, 0.1) is 6.61 Å². The van der Waals surface area contributed by atoms with E-state index in [1.807, 2.05) is 29.2 Å². The Morgan fingerprint density at radius 3 is 2.71 bits per heavy atom. The molecule has 0 radical (unpaired) electrons. The number of likely N-dealkylation sites (tertiary alicyclic amines) is 1. The number of ether oxygens (including phenoxy) is 1. The lowest BCUT2D eigenvalue weighted by atomic mass is 9.97. The summed E-state index contributed by atoms with van der Waals surface area (Å²) in [5, 5.41) is 8.98. The summed E-state index contributed by atoms with van der Waals surface area (Å²) in [6.07, 6.45) is 3.12. The van der Waals surface area contributed by atoms with Gasteiger partial charge in [0, 0.05) is 51.2 Å². The van der Waals surface area contributed by atoms with Gasteiger partial charge in [0.2, 0.25) is 0 Å². The molecule has 0 spiro atoms. The van der Waals surface area contributed by atoms with Gasteiger partial charge in [0.15, 0.2) is 0 Å². The number of aromatic nitrogens is 3. The molecule has 28 heavy (non-hydrogen) atoms. The second-order valence-corrected chi connectivity index (χ2v) is 7.90. The Kier molecular flexibility index (Phi) is 5.73. The summed E-state index contributed by atoms with van der Waals surface area (Å²) in [7, 11) is 3.85. The van der Waals surface area contributed by atoms with Crippen LogP contribution in [0.2, 0.25) is 0 Å². The molecular formula is C21H29N5O2. The van der Waals surface area contributed by atoms with Crippen molar-refractivity contribution < 1.29 is 9.53 Å². The fourth-order valence-corrected chi connectivity index (χ4v) is 4.32. The second kappa shape index (κ2) is 8.41. The highest BCUT2D eigenvalue weighted by Gasteiger charge is 2.28. The van der Waals surface area contributed by atoms with E-state index in [2.05, 4.69) is 26.7 Å². The number of nitrogens with zero attached hydrogens (tertiary/aromatic N) is 5. The number of carbonyl (C=O) groups is 1. The lowest BCUT2D eigenvalue weighted by molar-refractivity contribution is 0.0758. The molecule has 3 heterocycles. The highest BCUT2D eigenvalue weighted by atomic mass is 16.5. The summed E-state index contributed by atoms with van der Waals surface area (Å²) in [5.41, 5.74) is 1.80. The van der Waals surface area contributed by atoms with Gasteiger partial charge in [0.25, 0.3) is 5.91 Å². The Hall–Kier alpha value is -2.25. The maximum Gasteiger partial charge on any atom is 0.253 e. The van der Waals surface area contributed by atoms with Crippen LogP contribution in [0.25, 0.3) is 0 Å². The number of fused-ring (bicyclic) bond motifs is 1. The van der Waals surface area contributed by atoms with Crippen LogP contribution in [0.1, 0.15) is 46.3 Å². The first-order chi connectivity index (χ1) is 13.7. The van der Waals surface area contributed by atoms with Crippen molar-refractivity contribution in [2.24, 2.45) is 0 Å². The molecule has 1 aromatic carbocycles. The van der Waals surface area contributed by atoms with Gasteiger partial charge in [-0.2, -0.15) is 0 Å². The third-order valence-corrected chi connectivity index (χ3v) is 5.84.